The summed E-state index contributed by atoms with van der Waals surface area (Å²) in [5.74, 6) is -0.131. The van der Waals surface area contributed by atoms with Crippen molar-refractivity contribution in [1.29, 1.82) is 0 Å². The van der Waals surface area contributed by atoms with Crippen LogP contribution in [-0.4, -0.2) is 35.4 Å². The lowest BCUT2D eigenvalue weighted by Crippen LogP contribution is -2.27. The van der Waals surface area contributed by atoms with Crippen molar-refractivity contribution < 1.29 is 23.5 Å². The lowest BCUT2D eigenvalue weighted by molar-refractivity contribution is -0.151. The zero-order chi connectivity index (χ0) is 24.8. The van der Waals surface area contributed by atoms with Gasteiger partial charge in [-0.1, -0.05) is 90.1 Å². The van der Waals surface area contributed by atoms with Crippen LogP contribution in [0.2, 0.25) is 0 Å². The Kier molecular flexibility index (Phi) is 13.1. The first-order valence-electron chi connectivity index (χ1n) is 12.8. The summed E-state index contributed by atoms with van der Waals surface area (Å²) in [6.45, 7) is 9.29. The Labute approximate surface area is 208 Å². The highest BCUT2D eigenvalue weighted by molar-refractivity contribution is 8.00. The molecule has 0 spiro atoms. The first kappa shape index (κ1) is 28.2. The Hall–Kier alpha value is -2.02. The van der Waals surface area contributed by atoms with E-state index in [-0.39, 0.29) is 6.42 Å². The number of nitrogens with zero attached hydrogens (tertiary/aromatic N) is 1. The quantitative estimate of drug-likeness (QED) is 0.171. The van der Waals surface area contributed by atoms with Gasteiger partial charge in [0.2, 0.25) is 0 Å². The standard InChI is InChI=1S/C27H41NO5S/c1-5-9-13-20(7-3)18-31-25(29)17-24(26(30)32-19-21(8-4)14-10-6-2)34-27-28-22-15-11-12-16-23(22)33-27/h11-12,15-16,20-21,24H,5-10,13-14,17-19H2,1-4H3. The number of carbonyl (C=O) groups is 2. The Bertz CT molecular complexity index is 835. The fourth-order valence-electron chi connectivity index (χ4n) is 3.71. The van der Waals surface area contributed by atoms with Crippen LogP contribution in [0.15, 0.2) is 33.9 Å². The van der Waals surface area contributed by atoms with Crippen molar-refractivity contribution in [3.05, 3.63) is 24.3 Å². The number of para-hydroxylation sites is 2. The third-order valence-corrected chi connectivity index (χ3v) is 7.18. The molecule has 190 valence electrons. The molecule has 0 aliphatic rings. The molecule has 0 bridgehead atoms. The van der Waals surface area contributed by atoms with Crippen molar-refractivity contribution in [3.8, 4) is 0 Å². The van der Waals surface area contributed by atoms with E-state index in [9.17, 15) is 9.59 Å². The maximum atomic E-state index is 13.0. The fourth-order valence-corrected chi connectivity index (χ4v) is 4.62. The number of unbranched alkanes of at least 4 members (excludes halogenated alkanes) is 2. The number of carbonyl (C=O) groups excluding carboxylic acids is 2. The fraction of sp³-hybridized carbons (Fsp3) is 0.667. The zero-order valence-corrected chi connectivity index (χ0v) is 22.0. The molecule has 0 fully saturated rings. The molecule has 3 unspecified atom stereocenters. The van der Waals surface area contributed by atoms with Crippen LogP contribution in [0.5, 0.6) is 0 Å². The van der Waals surface area contributed by atoms with Crippen molar-refractivity contribution >= 4 is 34.8 Å². The average molecular weight is 492 g/mol. The molecule has 0 radical (unpaired) electrons. The summed E-state index contributed by atoms with van der Waals surface area (Å²) < 4.78 is 17.0. The summed E-state index contributed by atoms with van der Waals surface area (Å²) in [6.07, 6.45) is 8.38. The molecular weight excluding hydrogens is 450 g/mol. The van der Waals surface area contributed by atoms with Crippen LogP contribution in [0.25, 0.3) is 11.1 Å². The maximum absolute atomic E-state index is 13.0. The molecular formula is C27H41NO5S. The van der Waals surface area contributed by atoms with E-state index in [0.29, 0.717) is 41.4 Å². The van der Waals surface area contributed by atoms with Crippen LogP contribution >= 0.6 is 11.8 Å². The number of fused-ring (bicyclic) bond motifs is 1. The predicted molar refractivity (Wildman–Crippen MR) is 137 cm³/mol. The van der Waals surface area contributed by atoms with E-state index in [2.05, 4.69) is 32.7 Å². The lowest BCUT2D eigenvalue weighted by atomic mass is 10.0. The molecule has 0 aliphatic carbocycles. The van der Waals surface area contributed by atoms with Gasteiger partial charge in [0.05, 0.1) is 19.6 Å². The SMILES string of the molecule is CCCCC(CC)COC(=O)CC(Sc1nc2ccccc2o1)C(=O)OCC(CC)CCCC. The molecule has 1 aromatic heterocycles. The molecule has 2 aromatic rings. The maximum Gasteiger partial charge on any atom is 0.320 e. The van der Waals surface area contributed by atoms with Crippen LogP contribution in [0, 0.1) is 11.8 Å². The highest BCUT2D eigenvalue weighted by Gasteiger charge is 2.29. The van der Waals surface area contributed by atoms with Crippen molar-refractivity contribution in [3.63, 3.8) is 0 Å². The molecule has 3 atom stereocenters. The molecule has 34 heavy (non-hydrogen) atoms. The smallest absolute Gasteiger partial charge is 0.320 e. The molecule has 1 heterocycles. The third kappa shape index (κ3) is 9.69. The van der Waals surface area contributed by atoms with E-state index in [1.807, 2.05) is 24.3 Å². The van der Waals surface area contributed by atoms with E-state index in [1.165, 1.54) is 0 Å². The van der Waals surface area contributed by atoms with Gasteiger partial charge in [-0.05, 0) is 36.8 Å². The van der Waals surface area contributed by atoms with Gasteiger partial charge in [-0.2, -0.15) is 0 Å². The van der Waals surface area contributed by atoms with Crippen LogP contribution in [-0.2, 0) is 19.1 Å². The average Bonchev–Trinajstić information content (AvgIpc) is 3.26. The second-order valence-corrected chi connectivity index (χ2v) is 10.1. The first-order valence-corrected chi connectivity index (χ1v) is 13.7. The van der Waals surface area contributed by atoms with Gasteiger partial charge in [-0.25, -0.2) is 4.98 Å². The number of hydrogen-bond acceptors (Lipinski definition) is 7. The van der Waals surface area contributed by atoms with E-state index in [0.717, 1.165) is 63.1 Å². The normalized spacial score (nSPS) is 14.0. The second kappa shape index (κ2) is 15.8. The summed E-state index contributed by atoms with van der Waals surface area (Å²) >= 11 is 1.13. The summed E-state index contributed by atoms with van der Waals surface area (Å²) in [4.78, 5) is 30.1. The number of rotatable bonds is 17. The van der Waals surface area contributed by atoms with Gasteiger partial charge in [0.1, 0.15) is 10.8 Å². The van der Waals surface area contributed by atoms with E-state index in [4.69, 9.17) is 13.9 Å². The summed E-state index contributed by atoms with van der Waals surface area (Å²) in [6, 6.07) is 7.43. The highest BCUT2D eigenvalue weighted by Crippen LogP contribution is 2.30. The summed E-state index contributed by atoms with van der Waals surface area (Å²) in [7, 11) is 0. The molecule has 0 amide bonds. The van der Waals surface area contributed by atoms with Gasteiger partial charge in [0, 0.05) is 0 Å². The summed E-state index contributed by atoms with van der Waals surface area (Å²) in [5.41, 5.74) is 1.36. The van der Waals surface area contributed by atoms with Crippen LogP contribution in [0.1, 0.15) is 85.5 Å². The van der Waals surface area contributed by atoms with Gasteiger partial charge in [-0.15, -0.1) is 0 Å². The number of aromatic nitrogens is 1. The van der Waals surface area contributed by atoms with Crippen molar-refractivity contribution in [2.45, 2.75) is 96.0 Å². The lowest BCUT2D eigenvalue weighted by Gasteiger charge is -2.19. The number of esters is 2. The zero-order valence-electron chi connectivity index (χ0n) is 21.2. The molecule has 6 nitrogen and oxygen atoms in total. The molecule has 7 heteroatoms. The van der Waals surface area contributed by atoms with Crippen molar-refractivity contribution in [2.24, 2.45) is 11.8 Å². The van der Waals surface area contributed by atoms with Gasteiger partial charge >= 0.3 is 11.9 Å². The number of ether oxygens (including phenoxy) is 2. The van der Waals surface area contributed by atoms with Gasteiger partial charge < -0.3 is 13.9 Å². The molecule has 0 aliphatic heterocycles. The minimum absolute atomic E-state index is 0.0712. The van der Waals surface area contributed by atoms with Crippen molar-refractivity contribution in [2.75, 3.05) is 13.2 Å². The molecule has 0 N–H and O–H groups in total. The largest absolute Gasteiger partial charge is 0.465 e. The number of thioether (sulfide) groups is 1. The minimum Gasteiger partial charge on any atom is -0.465 e. The minimum atomic E-state index is -0.764. The van der Waals surface area contributed by atoms with Gasteiger partial charge in [0.25, 0.3) is 5.22 Å². The summed E-state index contributed by atoms with van der Waals surface area (Å²) in [5, 5.41) is -0.414. The van der Waals surface area contributed by atoms with E-state index < -0.39 is 17.2 Å². The number of hydrogen-bond donors (Lipinski definition) is 0. The van der Waals surface area contributed by atoms with Gasteiger partial charge in [-0.3, -0.25) is 9.59 Å². The molecule has 0 saturated heterocycles. The Morgan fingerprint density at radius 2 is 1.56 bits per heavy atom. The highest BCUT2D eigenvalue weighted by atomic mass is 32.2. The second-order valence-electron chi connectivity index (χ2n) is 8.90. The Morgan fingerprint density at radius 1 is 0.941 bits per heavy atom. The van der Waals surface area contributed by atoms with E-state index in [1.54, 1.807) is 0 Å². The number of oxazole rings is 1. The van der Waals surface area contributed by atoms with Crippen LogP contribution < -0.4 is 0 Å². The Morgan fingerprint density at radius 3 is 2.15 bits per heavy atom. The first-order chi connectivity index (χ1) is 16.5. The van der Waals surface area contributed by atoms with E-state index >= 15 is 0 Å². The molecule has 1 aromatic carbocycles. The van der Waals surface area contributed by atoms with Crippen LogP contribution in [0.4, 0.5) is 0 Å². The monoisotopic (exact) mass is 491 g/mol. The molecule has 0 saturated carbocycles. The molecule has 2 rings (SSSR count). The topological polar surface area (TPSA) is 78.6 Å². The van der Waals surface area contributed by atoms with Crippen molar-refractivity contribution in [1.82, 2.24) is 4.98 Å². The predicted octanol–water partition coefficient (Wildman–Crippen LogP) is 7.20. The number of benzene rings is 1. The third-order valence-electron chi connectivity index (χ3n) is 6.16. The van der Waals surface area contributed by atoms with Gasteiger partial charge in [0.15, 0.2) is 5.58 Å². The van der Waals surface area contributed by atoms with Crippen LogP contribution in [0.3, 0.4) is 0 Å². The Balaban J connectivity index is 2.03.